The van der Waals surface area contributed by atoms with E-state index < -0.39 is 0 Å². The second-order valence-electron chi connectivity index (χ2n) is 3.36. The number of hydrogen-bond acceptors (Lipinski definition) is 5. The van der Waals surface area contributed by atoms with Crippen molar-refractivity contribution in [3.8, 4) is 0 Å². The molecule has 2 rings (SSSR count). The van der Waals surface area contributed by atoms with Crippen molar-refractivity contribution in [2.45, 2.75) is 6.92 Å². The lowest BCUT2D eigenvalue weighted by Gasteiger charge is -2.31. The molecule has 4 N–H and O–H groups in total. The van der Waals surface area contributed by atoms with Gasteiger partial charge in [-0.05, 0) is 24.8 Å². The van der Waals surface area contributed by atoms with E-state index in [2.05, 4.69) is 5.73 Å². The fraction of sp³-hybridized carbons (Fsp3) is 0.182. The molecular weight excluding hydrogens is 204 g/mol. The van der Waals surface area contributed by atoms with E-state index in [1.165, 1.54) is 0 Å². The van der Waals surface area contributed by atoms with E-state index in [-0.39, 0.29) is 0 Å². The summed E-state index contributed by atoms with van der Waals surface area (Å²) in [5.74, 6) is 5.66. The van der Waals surface area contributed by atoms with E-state index in [9.17, 15) is 0 Å². The number of benzene rings is 1. The normalized spacial score (nSPS) is 14.9. The Bertz CT molecular complexity index is 437. The fourth-order valence-electron chi connectivity index (χ4n) is 1.66. The van der Waals surface area contributed by atoms with Crippen LogP contribution in [0.4, 0.5) is 5.69 Å². The molecule has 1 aromatic carbocycles. The molecule has 0 bridgehead atoms. The monoisotopic (exact) mass is 218 g/mol. The minimum atomic E-state index is 0.334. The van der Waals surface area contributed by atoms with Crippen LogP contribution < -0.4 is 16.6 Å². The van der Waals surface area contributed by atoms with E-state index in [0.29, 0.717) is 12.6 Å². The van der Waals surface area contributed by atoms with Crippen LogP contribution in [0, 0.1) is 0 Å². The average Bonchev–Trinajstić information content (AvgIpc) is 2.66. The Hall–Kier alpha value is -1.94. The highest BCUT2D eigenvalue weighted by molar-refractivity contribution is 5.51. The van der Waals surface area contributed by atoms with Crippen molar-refractivity contribution in [1.29, 1.82) is 0 Å². The molecule has 0 fully saturated rings. The molecule has 5 heteroatoms. The molecule has 5 nitrogen and oxygen atoms in total. The van der Waals surface area contributed by atoms with Crippen molar-refractivity contribution in [3.05, 3.63) is 47.6 Å². The number of nitrogens with two attached hydrogens (primary N) is 2. The summed E-state index contributed by atoms with van der Waals surface area (Å²) in [5, 5.41) is 3.62. The Morgan fingerprint density at radius 2 is 2.00 bits per heavy atom. The standard InChI is InChI=1S/C11H14N4O/c1-9-7-11(16-13)15(14(9)8-12)10-5-3-2-4-6-10/h2-6H,8,12-13H2,1H3. The second kappa shape index (κ2) is 4.28. The van der Waals surface area contributed by atoms with Gasteiger partial charge in [-0.15, -0.1) is 0 Å². The molecule has 1 aromatic rings. The smallest absolute Gasteiger partial charge is 0.283 e. The van der Waals surface area contributed by atoms with E-state index in [0.717, 1.165) is 11.4 Å². The van der Waals surface area contributed by atoms with Crippen LogP contribution in [-0.2, 0) is 4.84 Å². The molecule has 1 heterocycles. The summed E-state index contributed by atoms with van der Waals surface area (Å²) >= 11 is 0. The molecule has 0 amide bonds. The zero-order valence-corrected chi connectivity index (χ0v) is 9.05. The maximum Gasteiger partial charge on any atom is 0.283 e. The van der Waals surface area contributed by atoms with Gasteiger partial charge in [0.15, 0.2) is 0 Å². The Morgan fingerprint density at radius 1 is 1.31 bits per heavy atom. The highest BCUT2D eigenvalue weighted by Crippen LogP contribution is 2.27. The molecule has 0 spiro atoms. The number of para-hydroxylation sites is 1. The summed E-state index contributed by atoms with van der Waals surface area (Å²) < 4.78 is 0. The molecule has 0 atom stereocenters. The van der Waals surface area contributed by atoms with Gasteiger partial charge in [-0.3, -0.25) is 5.01 Å². The SMILES string of the molecule is CC1=C=C(ON)N(c2ccccc2)N1CN. The molecule has 16 heavy (non-hydrogen) atoms. The predicted octanol–water partition coefficient (Wildman–Crippen LogP) is 0.874. The third kappa shape index (κ3) is 1.63. The lowest BCUT2D eigenvalue weighted by Crippen LogP contribution is -2.42. The van der Waals surface area contributed by atoms with Crippen molar-refractivity contribution in [3.63, 3.8) is 0 Å². The summed E-state index contributed by atoms with van der Waals surface area (Å²) in [5.41, 5.74) is 10.5. The molecule has 84 valence electrons. The maximum atomic E-state index is 5.68. The number of nitrogens with zero attached hydrogens (tertiary/aromatic N) is 2. The van der Waals surface area contributed by atoms with Gasteiger partial charge < -0.3 is 10.6 Å². The van der Waals surface area contributed by atoms with Crippen LogP contribution in [-0.4, -0.2) is 11.7 Å². The van der Waals surface area contributed by atoms with E-state index in [4.69, 9.17) is 16.5 Å². The molecule has 1 aliphatic heterocycles. The van der Waals surface area contributed by atoms with Gasteiger partial charge in [-0.1, -0.05) is 18.2 Å². The molecule has 0 aliphatic carbocycles. The van der Waals surface area contributed by atoms with Crippen molar-refractivity contribution in [2.75, 3.05) is 11.7 Å². The third-order valence-electron chi connectivity index (χ3n) is 2.39. The van der Waals surface area contributed by atoms with E-state index in [1.807, 2.05) is 42.3 Å². The quantitative estimate of drug-likeness (QED) is 0.582. The van der Waals surface area contributed by atoms with Crippen LogP contribution in [0.15, 0.2) is 47.6 Å². The number of anilines is 1. The van der Waals surface area contributed by atoms with Gasteiger partial charge in [0.2, 0.25) is 0 Å². The molecule has 0 saturated carbocycles. The number of hydrazine groups is 1. The van der Waals surface area contributed by atoms with Crippen molar-refractivity contribution < 1.29 is 4.84 Å². The summed E-state index contributed by atoms with van der Waals surface area (Å²) in [6.07, 6.45) is 0. The van der Waals surface area contributed by atoms with Crippen LogP contribution in [0.1, 0.15) is 6.92 Å². The second-order valence-corrected chi connectivity index (χ2v) is 3.36. The van der Waals surface area contributed by atoms with Crippen molar-refractivity contribution >= 4 is 5.69 Å². The first kappa shape index (κ1) is 10.6. The van der Waals surface area contributed by atoms with E-state index >= 15 is 0 Å². The molecule has 0 aromatic heterocycles. The first-order valence-electron chi connectivity index (χ1n) is 4.95. The zero-order valence-electron chi connectivity index (χ0n) is 9.05. The van der Waals surface area contributed by atoms with Gasteiger partial charge in [0.05, 0.1) is 18.1 Å². The van der Waals surface area contributed by atoms with Gasteiger partial charge in [0, 0.05) is 0 Å². The minimum absolute atomic E-state index is 0.334. The number of hydrogen-bond donors (Lipinski definition) is 2. The number of rotatable bonds is 3. The minimum Gasteiger partial charge on any atom is -0.382 e. The summed E-state index contributed by atoms with van der Waals surface area (Å²) in [7, 11) is 0. The van der Waals surface area contributed by atoms with Crippen LogP contribution in [0.5, 0.6) is 0 Å². The Kier molecular flexibility index (Phi) is 2.83. The van der Waals surface area contributed by atoms with Crippen LogP contribution in [0.25, 0.3) is 0 Å². The van der Waals surface area contributed by atoms with Gasteiger partial charge in [-0.25, -0.2) is 5.01 Å². The summed E-state index contributed by atoms with van der Waals surface area (Å²) in [4.78, 5) is 4.79. The molecule has 0 radical (unpaired) electrons. The Morgan fingerprint density at radius 3 is 2.56 bits per heavy atom. The lowest BCUT2D eigenvalue weighted by atomic mass is 10.3. The van der Waals surface area contributed by atoms with E-state index in [1.54, 1.807) is 5.01 Å². The first-order chi connectivity index (χ1) is 7.77. The maximum absolute atomic E-state index is 5.68. The molecular formula is C11H14N4O. The summed E-state index contributed by atoms with van der Waals surface area (Å²) in [6.45, 7) is 2.23. The predicted molar refractivity (Wildman–Crippen MR) is 61.3 cm³/mol. The summed E-state index contributed by atoms with van der Waals surface area (Å²) in [6, 6.07) is 9.71. The number of allylic oxidation sites excluding steroid dienone is 1. The fourth-order valence-corrected chi connectivity index (χ4v) is 1.66. The van der Waals surface area contributed by atoms with Gasteiger partial charge in [0.25, 0.3) is 5.88 Å². The van der Waals surface area contributed by atoms with Crippen LogP contribution in [0.3, 0.4) is 0 Å². The van der Waals surface area contributed by atoms with Crippen molar-refractivity contribution in [2.24, 2.45) is 11.6 Å². The van der Waals surface area contributed by atoms with Crippen molar-refractivity contribution in [1.82, 2.24) is 5.01 Å². The van der Waals surface area contributed by atoms with Gasteiger partial charge >= 0.3 is 0 Å². The lowest BCUT2D eigenvalue weighted by molar-refractivity contribution is 0.185. The average molecular weight is 218 g/mol. The topological polar surface area (TPSA) is 67.8 Å². The molecule has 0 unspecified atom stereocenters. The first-order valence-corrected chi connectivity index (χ1v) is 4.95. The van der Waals surface area contributed by atoms with Crippen LogP contribution >= 0.6 is 0 Å². The van der Waals surface area contributed by atoms with Gasteiger partial charge in [-0.2, -0.15) is 5.90 Å². The third-order valence-corrected chi connectivity index (χ3v) is 2.39. The largest absolute Gasteiger partial charge is 0.382 e. The Balaban J connectivity index is 2.37. The molecule has 1 aliphatic rings. The zero-order chi connectivity index (χ0) is 11.5. The van der Waals surface area contributed by atoms with Gasteiger partial charge in [0.1, 0.15) is 0 Å². The highest BCUT2D eigenvalue weighted by atomic mass is 16.6. The van der Waals surface area contributed by atoms with Crippen LogP contribution in [0.2, 0.25) is 0 Å². The highest BCUT2D eigenvalue weighted by Gasteiger charge is 2.25. The Labute approximate surface area is 94.1 Å². The molecule has 0 saturated heterocycles.